The zero-order valence-electron chi connectivity index (χ0n) is 15.8. The molecule has 5 heteroatoms. The fraction of sp³-hybridized carbons (Fsp3) is 0.304. The third-order valence-corrected chi connectivity index (χ3v) is 5.52. The molecule has 144 valence electrons. The van der Waals surface area contributed by atoms with Gasteiger partial charge in [-0.25, -0.2) is 4.68 Å². The largest absolute Gasteiger partial charge is 0.481 e. The van der Waals surface area contributed by atoms with Gasteiger partial charge in [0, 0.05) is 29.9 Å². The second-order valence-electron chi connectivity index (χ2n) is 7.42. The van der Waals surface area contributed by atoms with Crippen molar-refractivity contribution in [2.75, 3.05) is 0 Å². The first-order valence-electron chi connectivity index (χ1n) is 9.86. The van der Waals surface area contributed by atoms with Gasteiger partial charge in [-0.05, 0) is 37.8 Å². The van der Waals surface area contributed by atoms with Gasteiger partial charge in [-0.15, -0.1) is 0 Å². The Kier molecular flexibility index (Phi) is 5.53. The summed E-state index contributed by atoms with van der Waals surface area (Å²) in [6.07, 6.45) is 5.41. The van der Waals surface area contributed by atoms with Gasteiger partial charge in [-0.2, -0.15) is 5.10 Å². The highest BCUT2D eigenvalue weighted by molar-refractivity contribution is 5.70. The SMILES string of the molecule is O=C(O)C1CCC(NCc2cn(-c3ccccc3)nc2-c2ccccc2)CC1. The summed E-state index contributed by atoms with van der Waals surface area (Å²) in [5.41, 5.74) is 4.27. The molecule has 28 heavy (non-hydrogen) atoms. The first-order chi connectivity index (χ1) is 13.7. The highest BCUT2D eigenvalue weighted by Crippen LogP contribution is 2.27. The number of nitrogens with one attached hydrogen (secondary N) is 1. The van der Waals surface area contributed by atoms with Crippen LogP contribution >= 0.6 is 0 Å². The van der Waals surface area contributed by atoms with E-state index in [9.17, 15) is 9.90 Å². The highest BCUT2D eigenvalue weighted by atomic mass is 16.4. The third-order valence-electron chi connectivity index (χ3n) is 5.52. The van der Waals surface area contributed by atoms with Gasteiger partial charge in [0.15, 0.2) is 0 Å². The van der Waals surface area contributed by atoms with Gasteiger partial charge in [0.1, 0.15) is 0 Å². The number of para-hydroxylation sites is 1. The predicted octanol–water partition coefficient (Wildman–Crippen LogP) is 4.27. The summed E-state index contributed by atoms with van der Waals surface area (Å²) in [7, 11) is 0. The van der Waals surface area contributed by atoms with Gasteiger partial charge >= 0.3 is 5.97 Å². The number of nitrogens with zero attached hydrogens (tertiary/aromatic N) is 2. The molecule has 0 unspecified atom stereocenters. The smallest absolute Gasteiger partial charge is 0.306 e. The van der Waals surface area contributed by atoms with E-state index in [0.717, 1.165) is 54.7 Å². The molecule has 0 amide bonds. The molecule has 0 radical (unpaired) electrons. The lowest BCUT2D eigenvalue weighted by molar-refractivity contribution is -0.142. The van der Waals surface area contributed by atoms with E-state index in [0.29, 0.717) is 6.04 Å². The Balaban J connectivity index is 1.52. The lowest BCUT2D eigenvalue weighted by atomic mass is 9.86. The van der Waals surface area contributed by atoms with Gasteiger partial charge in [-0.1, -0.05) is 48.5 Å². The van der Waals surface area contributed by atoms with Crippen LogP contribution in [0.5, 0.6) is 0 Å². The monoisotopic (exact) mass is 375 g/mol. The Hall–Kier alpha value is -2.92. The van der Waals surface area contributed by atoms with Crippen LogP contribution in [0.4, 0.5) is 0 Å². The van der Waals surface area contributed by atoms with Gasteiger partial charge in [-0.3, -0.25) is 4.79 Å². The van der Waals surface area contributed by atoms with Crippen LogP contribution < -0.4 is 5.32 Å². The summed E-state index contributed by atoms with van der Waals surface area (Å²) >= 11 is 0. The summed E-state index contributed by atoms with van der Waals surface area (Å²) in [6.45, 7) is 0.722. The zero-order chi connectivity index (χ0) is 19.3. The predicted molar refractivity (Wildman–Crippen MR) is 109 cm³/mol. The zero-order valence-corrected chi connectivity index (χ0v) is 15.8. The Morgan fingerprint density at radius 1 is 1.00 bits per heavy atom. The number of carbonyl (C=O) groups is 1. The quantitative estimate of drug-likeness (QED) is 0.675. The maximum atomic E-state index is 11.1. The van der Waals surface area contributed by atoms with Gasteiger partial charge in [0.2, 0.25) is 0 Å². The van der Waals surface area contributed by atoms with E-state index in [4.69, 9.17) is 5.10 Å². The molecule has 1 aliphatic rings. The molecule has 4 rings (SSSR count). The normalized spacial score (nSPS) is 19.4. The number of rotatable bonds is 6. The van der Waals surface area contributed by atoms with Crippen LogP contribution in [0.1, 0.15) is 31.2 Å². The number of hydrogen-bond acceptors (Lipinski definition) is 3. The third kappa shape index (κ3) is 4.15. The molecule has 1 aromatic heterocycles. The molecule has 2 aromatic carbocycles. The van der Waals surface area contributed by atoms with Crippen LogP contribution in [0.15, 0.2) is 66.9 Å². The number of aromatic nitrogens is 2. The molecule has 1 heterocycles. The van der Waals surface area contributed by atoms with E-state index in [-0.39, 0.29) is 5.92 Å². The molecular formula is C23H25N3O2. The number of carboxylic acids is 1. The minimum Gasteiger partial charge on any atom is -0.481 e. The lowest BCUT2D eigenvalue weighted by Crippen LogP contribution is -2.34. The van der Waals surface area contributed by atoms with Crippen molar-refractivity contribution in [2.24, 2.45) is 5.92 Å². The molecule has 0 bridgehead atoms. The molecule has 0 spiro atoms. The molecule has 1 saturated carbocycles. The van der Waals surface area contributed by atoms with Crippen LogP contribution in [0, 0.1) is 5.92 Å². The maximum Gasteiger partial charge on any atom is 0.306 e. The summed E-state index contributed by atoms with van der Waals surface area (Å²) in [5, 5.41) is 17.6. The van der Waals surface area contributed by atoms with Crippen LogP contribution in [0.25, 0.3) is 16.9 Å². The Morgan fingerprint density at radius 3 is 2.29 bits per heavy atom. The second kappa shape index (κ2) is 8.40. The van der Waals surface area contributed by atoms with Crippen molar-refractivity contribution in [2.45, 2.75) is 38.3 Å². The van der Waals surface area contributed by atoms with Crippen molar-refractivity contribution in [1.29, 1.82) is 0 Å². The summed E-state index contributed by atoms with van der Waals surface area (Å²) < 4.78 is 1.93. The molecule has 0 atom stereocenters. The van der Waals surface area contributed by atoms with Crippen LogP contribution in [0.2, 0.25) is 0 Å². The molecular weight excluding hydrogens is 350 g/mol. The number of hydrogen-bond donors (Lipinski definition) is 2. The number of aliphatic carboxylic acids is 1. The average molecular weight is 375 g/mol. The van der Waals surface area contributed by atoms with Crippen LogP contribution in [0.3, 0.4) is 0 Å². The molecule has 5 nitrogen and oxygen atoms in total. The minimum atomic E-state index is -0.658. The van der Waals surface area contributed by atoms with Gasteiger partial charge < -0.3 is 10.4 Å². The molecule has 2 N–H and O–H groups in total. The molecule has 0 aliphatic heterocycles. The lowest BCUT2D eigenvalue weighted by Gasteiger charge is -2.26. The summed E-state index contributed by atoms with van der Waals surface area (Å²) in [5.74, 6) is -0.840. The Bertz CT molecular complexity index is 914. The van der Waals surface area contributed by atoms with E-state index < -0.39 is 5.97 Å². The molecule has 0 saturated heterocycles. The minimum absolute atomic E-state index is 0.182. The van der Waals surface area contributed by atoms with E-state index >= 15 is 0 Å². The van der Waals surface area contributed by atoms with Gasteiger partial charge in [0.05, 0.1) is 17.3 Å². The van der Waals surface area contributed by atoms with Crippen molar-refractivity contribution in [3.05, 3.63) is 72.4 Å². The first-order valence-corrected chi connectivity index (χ1v) is 9.86. The Labute approximate surface area is 165 Å². The highest BCUT2D eigenvalue weighted by Gasteiger charge is 2.25. The van der Waals surface area contributed by atoms with E-state index in [2.05, 4.69) is 23.6 Å². The molecule has 3 aromatic rings. The van der Waals surface area contributed by atoms with Crippen LogP contribution in [-0.2, 0) is 11.3 Å². The molecule has 1 fully saturated rings. The average Bonchev–Trinajstić information content (AvgIpc) is 3.18. The second-order valence-corrected chi connectivity index (χ2v) is 7.42. The first kappa shape index (κ1) is 18.4. The topological polar surface area (TPSA) is 67.2 Å². The number of benzene rings is 2. The van der Waals surface area contributed by atoms with E-state index in [1.165, 1.54) is 0 Å². The standard InChI is InChI=1S/C23H25N3O2/c27-23(28)18-11-13-20(14-12-18)24-15-19-16-26(21-9-5-2-6-10-21)25-22(19)17-7-3-1-4-8-17/h1-10,16,18,20,24H,11-15H2,(H,27,28). The van der Waals surface area contributed by atoms with Crippen molar-refractivity contribution < 1.29 is 9.90 Å². The van der Waals surface area contributed by atoms with E-state index in [1.54, 1.807) is 0 Å². The summed E-state index contributed by atoms with van der Waals surface area (Å²) in [4.78, 5) is 11.1. The van der Waals surface area contributed by atoms with Crippen LogP contribution in [-0.4, -0.2) is 26.9 Å². The van der Waals surface area contributed by atoms with Crippen molar-refractivity contribution in [3.8, 4) is 16.9 Å². The maximum absolute atomic E-state index is 11.1. The fourth-order valence-corrected chi connectivity index (χ4v) is 3.89. The number of carboxylic acid groups (broad SMARTS) is 1. The fourth-order valence-electron chi connectivity index (χ4n) is 3.89. The Morgan fingerprint density at radius 2 is 1.64 bits per heavy atom. The molecule has 1 aliphatic carbocycles. The van der Waals surface area contributed by atoms with Gasteiger partial charge in [0.25, 0.3) is 0 Å². The van der Waals surface area contributed by atoms with Crippen molar-refractivity contribution in [3.63, 3.8) is 0 Å². The van der Waals surface area contributed by atoms with Crippen molar-refractivity contribution >= 4 is 5.97 Å². The summed E-state index contributed by atoms with van der Waals surface area (Å²) in [6, 6.07) is 20.7. The van der Waals surface area contributed by atoms with E-state index in [1.807, 2.05) is 53.2 Å². The van der Waals surface area contributed by atoms with Crippen molar-refractivity contribution in [1.82, 2.24) is 15.1 Å².